The number of hydrogen-bond donors (Lipinski definition) is 1. The zero-order valence-electron chi connectivity index (χ0n) is 10.6. The largest absolute Gasteiger partial charge is 0.313 e. The Morgan fingerprint density at radius 3 is 3.00 bits per heavy atom. The standard InChI is InChI=1S/C14H16N4/c1-3-16-9-13-10-18(2)17-14(13)12-6-4-5-11(7-12)8-15/h4-7,10,16H,3,9H2,1-2H3. The molecule has 0 aliphatic carbocycles. The second kappa shape index (κ2) is 5.48. The van der Waals surface area contributed by atoms with Gasteiger partial charge in [-0.3, -0.25) is 4.68 Å². The second-order valence-corrected chi connectivity index (χ2v) is 4.15. The minimum Gasteiger partial charge on any atom is -0.313 e. The molecule has 0 saturated heterocycles. The highest BCUT2D eigenvalue weighted by molar-refractivity contribution is 5.64. The molecule has 1 N–H and O–H groups in total. The number of rotatable bonds is 4. The molecule has 0 amide bonds. The molecule has 0 aliphatic rings. The van der Waals surface area contributed by atoms with Gasteiger partial charge in [0.25, 0.3) is 0 Å². The molecule has 4 heteroatoms. The maximum atomic E-state index is 8.94. The number of aromatic nitrogens is 2. The zero-order chi connectivity index (χ0) is 13.0. The molecular formula is C14H16N4. The van der Waals surface area contributed by atoms with Crippen molar-refractivity contribution in [1.82, 2.24) is 15.1 Å². The maximum absolute atomic E-state index is 8.94. The molecule has 0 fully saturated rings. The van der Waals surface area contributed by atoms with Gasteiger partial charge in [-0.05, 0) is 18.7 Å². The van der Waals surface area contributed by atoms with Crippen LogP contribution in [-0.4, -0.2) is 16.3 Å². The van der Waals surface area contributed by atoms with Crippen molar-refractivity contribution >= 4 is 0 Å². The Morgan fingerprint density at radius 1 is 1.44 bits per heavy atom. The van der Waals surface area contributed by atoms with Gasteiger partial charge in [-0.1, -0.05) is 19.1 Å². The zero-order valence-corrected chi connectivity index (χ0v) is 10.6. The van der Waals surface area contributed by atoms with E-state index in [0.717, 1.165) is 29.9 Å². The average molecular weight is 240 g/mol. The van der Waals surface area contributed by atoms with Crippen LogP contribution in [0.4, 0.5) is 0 Å². The van der Waals surface area contributed by atoms with Crippen molar-refractivity contribution in [3.8, 4) is 17.3 Å². The van der Waals surface area contributed by atoms with Crippen LogP contribution in [0.2, 0.25) is 0 Å². The third-order valence-electron chi connectivity index (χ3n) is 2.74. The summed E-state index contributed by atoms with van der Waals surface area (Å²) in [6.07, 6.45) is 2.01. The van der Waals surface area contributed by atoms with Crippen molar-refractivity contribution in [1.29, 1.82) is 5.26 Å². The summed E-state index contributed by atoms with van der Waals surface area (Å²) in [6, 6.07) is 9.70. The van der Waals surface area contributed by atoms with Gasteiger partial charge in [-0.2, -0.15) is 10.4 Å². The molecule has 0 bridgehead atoms. The SMILES string of the molecule is CCNCc1cn(C)nc1-c1cccc(C#N)c1. The van der Waals surface area contributed by atoms with Crippen molar-refractivity contribution in [2.75, 3.05) is 6.54 Å². The Morgan fingerprint density at radius 2 is 2.28 bits per heavy atom. The summed E-state index contributed by atoms with van der Waals surface area (Å²) in [7, 11) is 1.91. The Hall–Kier alpha value is -2.12. The minimum atomic E-state index is 0.660. The molecule has 2 aromatic rings. The van der Waals surface area contributed by atoms with Crippen LogP contribution in [0.3, 0.4) is 0 Å². The fraction of sp³-hybridized carbons (Fsp3) is 0.286. The van der Waals surface area contributed by atoms with E-state index in [1.54, 1.807) is 10.7 Å². The molecule has 0 saturated carbocycles. The molecule has 0 aliphatic heterocycles. The van der Waals surface area contributed by atoms with Gasteiger partial charge in [0.1, 0.15) is 0 Å². The summed E-state index contributed by atoms with van der Waals surface area (Å²) in [5.74, 6) is 0. The number of hydrogen-bond acceptors (Lipinski definition) is 3. The van der Waals surface area contributed by atoms with Gasteiger partial charge in [0.2, 0.25) is 0 Å². The first-order valence-electron chi connectivity index (χ1n) is 5.98. The van der Waals surface area contributed by atoms with Crippen molar-refractivity contribution in [2.24, 2.45) is 7.05 Å². The topological polar surface area (TPSA) is 53.6 Å². The molecule has 0 radical (unpaired) electrons. The summed E-state index contributed by atoms with van der Waals surface area (Å²) >= 11 is 0. The van der Waals surface area contributed by atoms with Crippen LogP contribution in [0.15, 0.2) is 30.5 Å². The van der Waals surface area contributed by atoms with E-state index in [2.05, 4.69) is 23.4 Å². The lowest BCUT2D eigenvalue weighted by atomic mass is 10.1. The Labute approximate surface area is 107 Å². The first-order chi connectivity index (χ1) is 8.74. The molecule has 0 unspecified atom stereocenters. The van der Waals surface area contributed by atoms with Gasteiger partial charge in [-0.25, -0.2) is 0 Å². The molecule has 92 valence electrons. The molecule has 0 spiro atoms. The molecule has 1 aromatic carbocycles. The summed E-state index contributed by atoms with van der Waals surface area (Å²) < 4.78 is 1.81. The van der Waals surface area contributed by atoms with Crippen LogP contribution in [-0.2, 0) is 13.6 Å². The van der Waals surface area contributed by atoms with E-state index < -0.39 is 0 Å². The van der Waals surface area contributed by atoms with Crippen molar-refractivity contribution < 1.29 is 0 Å². The van der Waals surface area contributed by atoms with Gasteiger partial charge in [-0.15, -0.1) is 0 Å². The minimum absolute atomic E-state index is 0.660. The Bertz CT molecular complexity index is 578. The molecular weight excluding hydrogens is 224 g/mol. The third kappa shape index (κ3) is 2.58. The smallest absolute Gasteiger partial charge is 0.0991 e. The second-order valence-electron chi connectivity index (χ2n) is 4.15. The van der Waals surface area contributed by atoms with Gasteiger partial charge in [0.05, 0.1) is 17.3 Å². The normalized spacial score (nSPS) is 10.3. The van der Waals surface area contributed by atoms with Gasteiger partial charge in [0.15, 0.2) is 0 Å². The molecule has 0 atom stereocenters. The van der Waals surface area contributed by atoms with Gasteiger partial charge < -0.3 is 5.32 Å². The summed E-state index contributed by atoms with van der Waals surface area (Å²) in [5.41, 5.74) is 3.74. The Kier molecular flexibility index (Phi) is 3.75. The summed E-state index contributed by atoms with van der Waals surface area (Å²) in [4.78, 5) is 0. The van der Waals surface area contributed by atoms with E-state index in [1.165, 1.54) is 0 Å². The first kappa shape index (κ1) is 12.3. The molecule has 2 rings (SSSR count). The maximum Gasteiger partial charge on any atom is 0.0991 e. The predicted octanol–water partition coefficient (Wildman–Crippen LogP) is 2.07. The highest BCUT2D eigenvalue weighted by atomic mass is 15.3. The molecule has 1 heterocycles. The summed E-state index contributed by atoms with van der Waals surface area (Å²) in [6.45, 7) is 3.79. The lowest BCUT2D eigenvalue weighted by Crippen LogP contribution is -2.11. The van der Waals surface area contributed by atoms with Crippen molar-refractivity contribution in [3.05, 3.63) is 41.6 Å². The third-order valence-corrected chi connectivity index (χ3v) is 2.74. The number of nitrogens with one attached hydrogen (secondary N) is 1. The number of nitriles is 1. The number of aryl methyl sites for hydroxylation is 1. The monoisotopic (exact) mass is 240 g/mol. The highest BCUT2D eigenvalue weighted by Gasteiger charge is 2.10. The fourth-order valence-electron chi connectivity index (χ4n) is 1.91. The van der Waals surface area contributed by atoms with E-state index >= 15 is 0 Å². The molecule has 18 heavy (non-hydrogen) atoms. The van der Waals surface area contributed by atoms with Crippen molar-refractivity contribution in [3.63, 3.8) is 0 Å². The van der Waals surface area contributed by atoms with Gasteiger partial charge in [0, 0.05) is 30.9 Å². The van der Waals surface area contributed by atoms with E-state index in [-0.39, 0.29) is 0 Å². The van der Waals surface area contributed by atoms with Crippen molar-refractivity contribution in [2.45, 2.75) is 13.5 Å². The number of benzene rings is 1. The number of nitrogens with zero attached hydrogens (tertiary/aromatic N) is 3. The van der Waals surface area contributed by atoms with Crippen LogP contribution in [0.25, 0.3) is 11.3 Å². The van der Waals surface area contributed by atoms with E-state index in [0.29, 0.717) is 5.56 Å². The predicted molar refractivity (Wildman–Crippen MR) is 70.7 cm³/mol. The quantitative estimate of drug-likeness (QED) is 0.890. The fourth-order valence-corrected chi connectivity index (χ4v) is 1.91. The Balaban J connectivity index is 2.40. The summed E-state index contributed by atoms with van der Waals surface area (Å²) in [5, 5.41) is 16.7. The lowest BCUT2D eigenvalue weighted by molar-refractivity contribution is 0.724. The van der Waals surface area contributed by atoms with Crippen LogP contribution in [0, 0.1) is 11.3 Å². The van der Waals surface area contributed by atoms with Crippen LogP contribution in [0.5, 0.6) is 0 Å². The van der Waals surface area contributed by atoms with E-state index in [4.69, 9.17) is 5.26 Å². The highest BCUT2D eigenvalue weighted by Crippen LogP contribution is 2.22. The molecule has 4 nitrogen and oxygen atoms in total. The first-order valence-corrected chi connectivity index (χ1v) is 5.98. The van der Waals surface area contributed by atoms with Crippen LogP contribution >= 0.6 is 0 Å². The average Bonchev–Trinajstić information content (AvgIpc) is 2.77. The lowest BCUT2D eigenvalue weighted by Gasteiger charge is -2.03. The molecule has 1 aromatic heterocycles. The van der Waals surface area contributed by atoms with Gasteiger partial charge >= 0.3 is 0 Å². The van der Waals surface area contributed by atoms with E-state index in [9.17, 15) is 0 Å². The van der Waals surface area contributed by atoms with Crippen LogP contribution in [0.1, 0.15) is 18.1 Å². The van der Waals surface area contributed by atoms with Crippen LogP contribution < -0.4 is 5.32 Å². The van der Waals surface area contributed by atoms with E-state index in [1.807, 2.05) is 31.4 Å².